The normalized spacial score (nSPS) is 50.7. The van der Waals surface area contributed by atoms with Gasteiger partial charge in [-0.05, 0) is 42.9 Å². The maximum atomic E-state index is 2.44. The molecule has 0 aromatic carbocycles. The Morgan fingerprint density at radius 2 is 1.64 bits per heavy atom. The lowest BCUT2D eigenvalue weighted by Gasteiger charge is -2.42. The molecule has 0 aliphatic heterocycles. The summed E-state index contributed by atoms with van der Waals surface area (Å²) in [7, 11) is 0. The Bertz CT molecular complexity index is 139. The highest BCUT2D eigenvalue weighted by Gasteiger charge is 2.38. The maximum Gasteiger partial charge on any atom is -0.0360 e. The van der Waals surface area contributed by atoms with Crippen molar-refractivity contribution in [2.45, 2.75) is 46.0 Å². The molecule has 0 heteroatoms. The van der Waals surface area contributed by atoms with E-state index < -0.39 is 0 Å². The van der Waals surface area contributed by atoms with E-state index in [1.807, 2.05) is 0 Å². The van der Waals surface area contributed by atoms with Gasteiger partial charge in [0, 0.05) is 0 Å². The molecule has 2 saturated carbocycles. The molecule has 2 rings (SSSR count). The molecule has 4 atom stereocenters. The molecule has 0 aromatic rings. The fraction of sp³-hybridized carbons (Fsp3) is 1.00. The second-order valence-corrected chi connectivity index (χ2v) is 4.90. The van der Waals surface area contributed by atoms with Crippen LogP contribution in [0.2, 0.25) is 0 Å². The van der Waals surface area contributed by atoms with Crippen molar-refractivity contribution in [2.24, 2.45) is 23.7 Å². The van der Waals surface area contributed by atoms with Gasteiger partial charge in [0.15, 0.2) is 0 Å². The molecule has 0 nitrogen and oxygen atoms in total. The molecular weight excluding hydrogens is 132 g/mol. The summed E-state index contributed by atoms with van der Waals surface area (Å²) in [6.45, 7) is 4.87. The van der Waals surface area contributed by atoms with E-state index >= 15 is 0 Å². The van der Waals surface area contributed by atoms with Gasteiger partial charge in [-0.3, -0.25) is 0 Å². The molecule has 11 heavy (non-hydrogen) atoms. The van der Waals surface area contributed by atoms with Gasteiger partial charge in [0.2, 0.25) is 0 Å². The topological polar surface area (TPSA) is 0 Å². The highest BCUT2D eigenvalue weighted by Crippen LogP contribution is 2.48. The molecule has 2 aliphatic rings. The monoisotopic (exact) mass is 152 g/mol. The smallest absolute Gasteiger partial charge is 0.0360 e. The predicted octanol–water partition coefficient (Wildman–Crippen LogP) is 3.47. The summed E-state index contributed by atoms with van der Waals surface area (Å²) in [5.74, 6) is 4.34. The minimum absolute atomic E-state index is 1.02. The highest BCUT2D eigenvalue weighted by molar-refractivity contribution is 4.88. The molecule has 0 spiro atoms. The first kappa shape index (κ1) is 7.64. The van der Waals surface area contributed by atoms with Gasteiger partial charge in [-0.1, -0.05) is 26.7 Å². The summed E-state index contributed by atoms with van der Waals surface area (Å²) in [5.41, 5.74) is 0. The van der Waals surface area contributed by atoms with E-state index in [-0.39, 0.29) is 0 Å². The van der Waals surface area contributed by atoms with Crippen molar-refractivity contribution in [3.63, 3.8) is 0 Å². The van der Waals surface area contributed by atoms with Gasteiger partial charge >= 0.3 is 0 Å². The van der Waals surface area contributed by atoms with E-state index in [0.717, 1.165) is 23.7 Å². The zero-order valence-corrected chi connectivity index (χ0v) is 7.84. The average Bonchev–Trinajstić information content (AvgIpc) is 2.09. The highest BCUT2D eigenvalue weighted by atomic mass is 14.4. The van der Waals surface area contributed by atoms with Crippen LogP contribution in [-0.4, -0.2) is 0 Å². The van der Waals surface area contributed by atoms with E-state index in [2.05, 4.69) is 13.8 Å². The Labute approximate surface area is 70.4 Å². The van der Waals surface area contributed by atoms with Crippen LogP contribution in [0.15, 0.2) is 0 Å². The van der Waals surface area contributed by atoms with Gasteiger partial charge in [-0.15, -0.1) is 0 Å². The molecule has 64 valence electrons. The number of hydrogen-bond acceptors (Lipinski definition) is 0. The second kappa shape index (κ2) is 2.80. The zero-order chi connectivity index (χ0) is 7.84. The Morgan fingerprint density at radius 1 is 0.909 bits per heavy atom. The lowest BCUT2D eigenvalue weighted by molar-refractivity contribution is 0.0787. The zero-order valence-electron chi connectivity index (χ0n) is 7.84. The number of rotatable bonds is 0. The van der Waals surface area contributed by atoms with E-state index in [1.54, 1.807) is 0 Å². The van der Waals surface area contributed by atoms with Crippen LogP contribution in [-0.2, 0) is 0 Å². The third-order valence-electron chi connectivity index (χ3n) is 4.03. The molecule has 0 amide bonds. The van der Waals surface area contributed by atoms with Crippen LogP contribution in [0.5, 0.6) is 0 Å². The molecule has 0 radical (unpaired) electrons. The lowest BCUT2D eigenvalue weighted by atomic mass is 9.63. The fourth-order valence-corrected chi connectivity index (χ4v) is 3.07. The maximum absolute atomic E-state index is 2.44. The summed E-state index contributed by atoms with van der Waals surface area (Å²) in [5, 5.41) is 0. The second-order valence-electron chi connectivity index (χ2n) is 4.90. The predicted molar refractivity (Wildman–Crippen MR) is 48.4 cm³/mol. The molecule has 2 aliphatic carbocycles. The molecular formula is C11H20. The van der Waals surface area contributed by atoms with Gasteiger partial charge in [0.1, 0.15) is 0 Å². The van der Waals surface area contributed by atoms with Crippen molar-refractivity contribution in [1.29, 1.82) is 0 Å². The molecule has 2 fully saturated rings. The van der Waals surface area contributed by atoms with Gasteiger partial charge < -0.3 is 0 Å². The van der Waals surface area contributed by atoms with Crippen LogP contribution >= 0.6 is 0 Å². The molecule has 0 bridgehead atoms. The van der Waals surface area contributed by atoms with Crippen molar-refractivity contribution in [3.8, 4) is 0 Å². The minimum atomic E-state index is 1.02. The quantitative estimate of drug-likeness (QED) is 0.498. The van der Waals surface area contributed by atoms with Crippen LogP contribution < -0.4 is 0 Å². The number of hydrogen-bond donors (Lipinski definition) is 0. The Kier molecular flexibility index (Phi) is 1.95. The van der Waals surface area contributed by atoms with Crippen LogP contribution in [0, 0.1) is 23.7 Å². The first-order valence-electron chi connectivity index (χ1n) is 5.27. The third-order valence-corrected chi connectivity index (χ3v) is 4.03. The summed E-state index contributed by atoms with van der Waals surface area (Å²) in [6.07, 6.45) is 7.62. The van der Waals surface area contributed by atoms with Crippen molar-refractivity contribution in [1.82, 2.24) is 0 Å². The molecule has 0 N–H and O–H groups in total. The average molecular weight is 152 g/mol. The van der Waals surface area contributed by atoms with Crippen LogP contribution in [0.4, 0.5) is 0 Å². The van der Waals surface area contributed by atoms with Crippen molar-refractivity contribution >= 4 is 0 Å². The molecule has 0 heterocycles. The van der Waals surface area contributed by atoms with Gasteiger partial charge in [0.25, 0.3) is 0 Å². The Morgan fingerprint density at radius 3 is 2.36 bits per heavy atom. The minimum Gasteiger partial charge on any atom is -0.0625 e. The molecule has 0 aromatic heterocycles. The Balaban J connectivity index is 1.93. The van der Waals surface area contributed by atoms with E-state index in [9.17, 15) is 0 Å². The lowest BCUT2D eigenvalue weighted by Crippen LogP contribution is -2.33. The SMILES string of the molecule is CC1CCC2CC(C)C2CC1. The third kappa shape index (κ3) is 1.32. The van der Waals surface area contributed by atoms with Gasteiger partial charge in [-0.2, -0.15) is 0 Å². The summed E-state index contributed by atoms with van der Waals surface area (Å²) < 4.78 is 0. The molecule has 4 unspecified atom stereocenters. The van der Waals surface area contributed by atoms with Crippen LogP contribution in [0.1, 0.15) is 46.0 Å². The van der Waals surface area contributed by atoms with Crippen LogP contribution in [0.25, 0.3) is 0 Å². The largest absolute Gasteiger partial charge is 0.0625 e. The first-order chi connectivity index (χ1) is 5.27. The Hall–Kier alpha value is 0. The van der Waals surface area contributed by atoms with E-state index in [1.165, 1.54) is 32.1 Å². The molecule has 0 saturated heterocycles. The fourth-order valence-electron chi connectivity index (χ4n) is 3.07. The van der Waals surface area contributed by atoms with Crippen molar-refractivity contribution < 1.29 is 0 Å². The first-order valence-corrected chi connectivity index (χ1v) is 5.27. The van der Waals surface area contributed by atoms with Crippen molar-refractivity contribution in [2.75, 3.05) is 0 Å². The van der Waals surface area contributed by atoms with Crippen molar-refractivity contribution in [3.05, 3.63) is 0 Å². The number of fused-ring (bicyclic) bond motifs is 1. The summed E-state index contributed by atoms with van der Waals surface area (Å²) in [6, 6.07) is 0. The van der Waals surface area contributed by atoms with Crippen LogP contribution in [0.3, 0.4) is 0 Å². The summed E-state index contributed by atoms with van der Waals surface area (Å²) >= 11 is 0. The van der Waals surface area contributed by atoms with E-state index in [4.69, 9.17) is 0 Å². The van der Waals surface area contributed by atoms with E-state index in [0.29, 0.717) is 0 Å². The van der Waals surface area contributed by atoms with Gasteiger partial charge in [0.05, 0.1) is 0 Å². The standard InChI is InChI=1S/C11H20/c1-8-3-5-10-7-9(2)11(10)6-4-8/h8-11H,3-7H2,1-2H3. The summed E-state index contributed by atoms with van der Waals surface area (Å²) in [4.78, 5) is 0. The van der Waals surface area contributed by atoms with Gasteiger partial charge in [-0.25, -0.2) is 0 Å².